The zero-order valence-electron chi connectivity index (χ0n) is 9.27. The molecule has 16 heavy (non-hydrogen) atoms. The lowest BCUT2D eigenvalue weighted by molar-refractivity contribution is -0.185. The fraction of sp³-hybridized carbons (Fsp3) is 0.700. The maximum Gasteiger partial charge on any atom is 0.411 e. The summed E-state index contributed by atoms with van der Waals surface area (Å²) in [5.74, 6) is 0. The molecule has 0 amide bonds. The molecule has 1 aromatic heterocycles. The van der Waals surface area contributed by atoms with Crippen LogP contribution in [0.15, 0.2) is 5.38 Å². The number of rotatable bonds is 4. The van der Waals surface area contributed by atoms with E-state index in [9.17, 15) is 13.2 Å². The standard InChI is InChI=1S/C10H15F3N2S/c1-3-4-5-8-15-7(6-16-8)9(2,14)10(11,12)13/h6H,3-5,14H2,1-2H3. The molecule has 0 fully saturated rings. The smallest absolute Gasteiger partial charge is 0.313 e. The van der Waals surface area contributed by atoms with Crippen LogP contribution < -0.4 is 5.73 Å². The Morgan fingerprint density at radius 2 is 2.06 bits per heavy atom. The Kier molecular flexibility index (Phi) is 3.96. The number of halogens is 3. The van der Waals surface area contributed by atoms with E-state index in [4.69, 9.17) is 5.73 Å². The Morgan fingerprint density at radius 3 is 2.56 bits per heavy atom. The molecule has 0 aliphatic rings. The fourth-order valence-electron chi connectivity index (χ4n) is 1.14. The molecule has 0 aromatic carbocycles. The molecule has 0 spiro atoms. The minimum atomic E-state index is -4.47. The third-order valence-electron chi connectivity index (χ3n) is 2.42. The van der Waals surface area contributed by atoms with Gasteiger partial charge in [0.05, 0.1) is 10.7 Å². The lowest BCUT2D eigenvalue weighted by atomic mass is 10.00. The van der Waals surface area contributed by atoms with Crippen molar-refractivity contribution >= 4 is 11.3 Å². The third kappa shape index (κ3) is 2.74. The molecule has 0 saturated carbocycles. The number of aryl methyl sites for hydroxylation is 1. The molecular formula is C10H15F3N2S. The van der Waals surface area contributed by atoms with E-state index in [1.807, 2.05) is 6.92 Å². The van der Waals surface area contributed by atoms with Crippen molar-refractivity contribution < 1.29 is 13.2 Å². The van der Waals surface area contributed by atoms with Gasteiger partial charge in [0.15, 0.2) is 5.54 Å². The number of thiazole rings is 1. The van der Waals surface area contributed by atoms with E-state index in [-0.39, 0.29) is 5.69 Å². The summed E-state index contributed by atoms with van der Waals surface area (Å²) >= 11 is 1.24. The van der Waals surface area contributed by atoms with Gasteiger partial charge >= 0.3 is 6.18 Å². The van der Waals surface area contributed by atoms with E-state index in [0.29, 0.717) is 0 Å². The highest BCUT2D eigenvalue weighted by molar-refractivity contribution is 7.09. The quantitative estimate of drug-likeness (QED) is 0.893. The highest BCUT2D eigenvalue weighted by Crippen LogP contribution is 2.36. The molecule has 0 bridgehead atoms. The first-order valence-corrected chi connectivity index (χ1v) is 5.97. The van der Waals surface area contributed by atoms with Gasteiger partial charge in [-0.2, -0.15) is 13.2 Å². The minimum absolute atomic E-state index is 0.0869. The summed E-state index contributed by atoms with van der Waals surface area (Å²) in [6.07, 6.45) is -1.83. The largest absolute Gasteiger partial charge is 0.411 e. The van der Waals surface area contributed by atoms with Crippen molar-refractivity contribution in [2.75, 3.05) is 0 Å². The molecule has 0 aliphatic heterocycles. The Bertz CT molecular complexity index is 344. The van der Waals surface area contributed by atoms with Gasteiger partial charge < -0.3 is 5.73 Å². The number of alkyl halides is 3. The first kappa shape index (κ1) is 13.4. The van der Waals surface area contributed by atoms with Crippen LogP contribution in [-0.4, -0.2) is 11.2 Å². The Balaban J connectivity index is 2.85. The number of hydrogen-bond acceptors (Lipinski definition) is 3. The second-order valence-electron chi connectivity index (χ2n) is 3.93. The minimum Gasteiger partial charge on any atom is -0.313 e. The van der Waals surface area contributed by atoms with Crippen LogP contribution in [0.1, 0.15) is 37.4 Å². The first-order valence-electron chi connectivity index (χ1n) is 5.09. The monoisotopic (exact) mass is 252 g/mol. The molecule has 2 nitrogen and oxygen atoms in total. The van der Waals surface area contributed by atoms with E-state index in [2.05, 4.69) is 4.98 Å². The first-order chi connectivity index (χ1) is 7.29. The van der Waals surface area contributed by atoms with Crippen molar-refractivity contribution in [1.29, 1.82) is 0 Å². The van der Waals surface area contributed by atoms with Gasteiger partial charge in [0.25, 0.3) is 0 Å². The topological polar surface area (TPSA) is 38.9 Å². The van der Waals surface area contributed by atoms with Gasteiger partial charge in [0.2, 0.25) is 0 Å². The van der Waals surface area contributed by atoms with Crippen LogP contribution in [0.25, 0.3) is 0 Å². The normalized spacial score (nSPS) is 16.1. The van der Waals surface area contributed by atoms with E-state index in [0.717, 1.165) is 31.2 Å². The molecule has 2 N–H and O–H groups in total. The van der Waals surface area contributed by atoms with Gasteiger partial charge in [-0.15, -0.1) is 11.3 Å². The Hall–Kier alpha value is -0.620. The van der Waals surface area contributed by atoms with E-state index in [1.54, 1.807) is 0 Å². The maximum absolute atomic E-state index is 12.6. The van der Waals surface area contributed by atoms with Crippen molar-refractivity contribution in [3.63, 3.8) is 0 Å². The van der Waals surface area contributed by atoms with Crippen molar-refractivity contribution in [3.8, 4) is 0 Å². The molecule has 0 aliphatic carbocycles. The summed E-state index contributed by atoms with van der Waals surface area (Å²) in [4.78, 5) is 3.96. The van der Waals surface area contributed by atoms with Gasteiger partial charge in [-0.05, 0) is 19.8 Å². The third-order valence-corrected chi connectivity index (χ3v) is 3.33. The molecule has 92 valence electrons. The summed E-state index contributed by atoms with van der Waals surface area (Å²) in [6, 6.07) is 0. The molecule has 1 rings (SSSR count). The van der Waals surface area contributed by atoms with E-state index < -0.39 is 11.7 Å². The maximum atomic E-state index is 12.6. The second-order valence-corrected chi connectivity index (χ2v) is 4.87. The number of nitrogens with zero attached hydrogens (tertiary/aromatic N) is 1. The van der Waals surface area contributed by atoms with Crippen LogP contribution in [0.2, 0.25) is 0 Å². The lowest BCUT2D eigenvalue weighted by Gasteiger charge is -2.25. The fourth-order valence-corrected chi connectivity index (χ4v) is 2.10. The average molecular weight is 252 g/mol. The molecule has 6 heteroatoms. The van der Waals surface area contributed by atoms with E-state index in [1.165, 1.54) is 16.7 Å². The van der Waals surface area contributed by atoms with Crippen molar-refractivity contribution in [3.05, 3.63) is 16.1 Å². The van der Waals surface area contributed by atoms with Crippen LogP contribution in [0, 0.1) is 0 Å². The lowest BCUT2D eigenvalue weighted by Crippen LogP contribution is -2.47. The molecule has 1 unspecified atom stereocenters. The van der Waals surface area contributed by atoms with Crippen molar-refractivity contribution in [2.45, 2.75) is 44.8 Å². The predicted octanol–water partition coefficient (Wildman–Crippen LogP) is 3.22. The number of nitrogens with two attached hydrogens (primary N) is 1. The Labute approximate surface area is 96.7 Å². The van der Waals surface area contributed by atoms with Gasteiger partial charge in [-0.1, -0.05) is 13.3 Å². The van der Waals surface area contributed by atoms with Gasteiger partial charge in [-0.25, -0.2) is 4.98 Å². The predicted molar refractivity (Wildman–Crippen MR) is 58.3 cm³/mol. The summed E-state index contributed by atoms with van der Waals surface area (Å²) in [5, 5.41) is 2.12. The van der Waals surface area contributed by atoms with Crippen LogP contribution in [0.3, 0.4) is 0 Å². The number of aromatic nitrogens is 1. The zero-order chi connectivity index (χ0) is 12.4. The summed E-state index contributed by atoms with van der Waals surface area (Å²) in [6.45, 7) is 2.98. The summed E-state index contributed by atoms with van der Waals surface area (Å²) in [5.41, 5.74) is 2.84. The van der Waals surface area contributed by atoms with Crippen molar-refractivity contribution in [1.82, 2.24) is 4.98 Å². The summed E-state index contributed by atoms with van der Waals surface area (Å²) in [7, 11) is 0. The zero-order valence-corrected chi connectivity index (χ0v) is 10.1. The van der Waals surface area contributed by atoms with E-state index >= 15 is 0 Å². The highest BCUT2D eigenvalue weighted by atomic mass is 32.1. The van der Waals surface area contributed by atoms with Gasteiger partial charge in [-0.3, -0.25) is 0 Å². The Morgan fingerprint density at radius 1 is 1.44 bits per heavy atom. The van der Waals surface area contributed by atoms with Crippen LogP contribution in [0.5, 0.6) is 0 Å². The SMILES string of the molecule is CCCCc1nc(C(C)(N)C(F)(F)F)cs1. The average Bonchev–Trinajstić information content (AvgIpc) is 2.61. The molecule has 0 radical (unpaired) electrons. The van der Waals surface area contributed by atoms with Crippen molar-refractivity contribution in [2.24, 2.45) is 5.73 Å². The molecular weight excluding hydrogens is 237 g/mol. The molecule has 0 saturated heterocycles. The van der Waals surface area contributed by atoms with Gasteiger partial charge in [0, 0.05) is 5.38 Å². The van der Waals surface area contributed by atoms with Crippen LogP contribution >= 0.6 is 11.3 Å². The second kappa shape index (κ2) is 4.71. The molecule has 1 atom stereocenters. The number of hydrogen-bond donors (Lipinski definition) is 1. The summed E-state index contributed by atoms with van der Waals surface area (Å²) < 4.78 is 37.9. The molecule has 1 heterocycles. The highest BCUT2D eigenvalue weighted by Gasteiger charge is 2.50. The molecule has 1 aromatic rings. The van der Waals surface area contributed by atoms with Gasteiger partial charge in [0.1, 0.15) is 0 Å². The van der Waals surface area contributed by atoms with Crippen LogP contribution in [-0.2, 0) is 12.0 Å². The van der Waals surface area contributed by atoms with Crippen LogP contribution in [0.4, 0.5) is 13.2 Å². The number of unbranched alkanes of at least 4 members (excludes halogenated alkanes) is 1.